The topological polar surface area (TPSA) is 45.6 Å². The Morgan fingerprint density at radius 1 is 1.32 bits per heavy atom. The molecule has 0 aromatic heterocycles. The summed E-state index contributed by atoms with van der Waals surface area (Å²) in [5.41, 5.74) is 4.37. The van der Waals surface area contributed by atoms with Gasteiger partial charge in [-0.25, -0.2) is 0 Å². The minimum atomic E-state index is 0.368. The molecular weight excluding hydrogens is 386 g/mol. The van der Waals surface area contributed by atoms with Crippen molar-refractivity contribution in [2.45, 2.75) is 0 Å². The van der Waals surface area contributed by atoms with Gasteiger partial charge in [-0.05, 0) is 48.6 Å². The van der Waals surface area contributed by atoms with Crippen molar-refractivity contribution in [1.82, 2.24) is 5.43 Å². The van der Waals surface area contributed by atoms with Crippen LogP contribution in [-0.4, -0.2) is 18.4 Å². The Labute approximate surface area is 147 Å². The smallest absolute Gasteiger partial charge is 0.191 e. The highest BCUT2D eigenvalue weighted by molar-refractivity contribution is 9.10. The van der Waals surface area contributed by atoms with Crippen molar-refractivity contribution in [1.29, 1.82) is 0 Å². The van der Waals surface area contributed by atoms with Crippen molar-refractivity contribution in [3.05, 3.63) is 57.5 Å². The predicted octanol–water partition coefficient (Wildman–Crippen LogP) is 4.43. The number of benzene rings is 2. The monoisotopic (exact) mass is 397 g/mol. The van der Waals surface area contributed by atoms with Crippen molar-refractivity contribution in [2.24, 2.45) is 5.10 Å². The van der Waals surface area contributed by atoms with Gasteiger partial charge in [0.15, 0.2) is 5.11 Å². The molecule has 0 aliphatic carbocycles. The molecular formula is C15H13BrClN3OS. The number of hydrogen-bond acceptors (Lipinski definition) is 3. The maximum Gasteiger partial charge on any atom is 0.191 e. The first-order valence-electron chi connectivity index (χ1n) is 6.27. The van der Waals surface area contributed by atoms with Crippen LogP contribution in [0.5, 0.6) is 5.75 Å². The second-order valence-electron chi connectivity index (χ2n) is 4.22. The minimum absolute atomic E-state index is 0.368. The molecule has 7 heteroatoms. The Morgan fingerprint density at radius 2 is 2.14 bits per heavy atom. The third kappa shape index (κ3) is 4.98. The van der Waals surface area contributed by atoms with Gasteiger partial charge < -0.3 is 10.1 Å². The molecule has 0 fully saturated rings. The summed E-state index contributed by atoms with van der Waals surface area (Å²) in [6.07, 6.45) is 1.63. The number of nitrogens with zero attached hydrogens (tertiary/aromatic N) is 1. The largest absolute Gasteiger partial charge is 0.496 e. The number of halogens is 2. The van der Waals surface area contributed by atoms with Gasteiger partial charge in [-0.3, -0.25) is 5.43 Å². The molecule has 2 N–H and O–H groups in total. The van der Waals surface area contributed by atoms with E-state index in [2.05, 4.69) is 31.8 Å². The summed E-state index contributed by atoms with van der Waals surface area (Å²) >= 11 is 14.5. The minimum Gasteiger partial charge on any atom is -0.496 e. The van der Waals surface area contributed by atoms with Gasteiger partial charge in [-0.15, -0.1) is 0 Å². The molecule has 0 amide bonds. The summed E-state index contributed by atoms with van der Waals surface area (Å²) in [7, 11) is 1.61. The van der Waals surface area contributed by atoms with E-state index in [0.29, 0.717) is 10.1 Å². The quantitative estimate of drug-likeness (QED) is 0.454. The van der Waals surface area contributed by atoms with E-state index in [1.165, 1.54) is 0 Å². The number of thiocarbonyl (C=S) groups is 1. The fraction of sp³-hybridized carbons (Fsp3) is 0.0667. The summed E-state index contributed by atoms with van der Waals surface area (Å²) in [6.45, 7) is 0. The van der Waals surface area contributed by atoms with E-state index in [4.69, 9.17) is 28.6 Å². The number of rotatable bonds is 4. The lowest BCUT2D eigenvalue weighted by atomic mass is 10.2. The van der Waals surface area contributed by atoms with Crippen LogP contribution in [0.3, 0.4) is 0 Å². The highest BCUT2D eigenvalue weighted by atomic mass is 79.9. The average molecular weight is 399 g/mol. The van der Waals surface area contributed by atoms with Gasteiger partial charge in [0.1, 0.15) is 5.75 Å². The van der Waals surface area contributed by atoms with E-state index < -0.39 is 0 Å². The molecule has 0 radical (unpaired) electrons. The Morgan fingerprint density at radius 3 is 2.86 bits per heavy atom. The average Bonchev–Trinajstić information content (AvgIpc) is 2.47. The highest BCUT2D eigenvalue weighted by Gasteiger charge is 2.01. The summed E-state index contributed by atoms with van der Waals surface area (Å²) in [6, 6.07) is 12.9. The summed E-state index contributed by atoms with van der Waals surface area (Å²) in [5.74, 6) is 0.725. The van der Waals surface area contributed by atoms with Crippen LogP contribution in [0, 0.1) is 0 Å². The van der Waals surface area contributed by atoms with Gasteiger partial charge in [0.25, 0.3) is 0 Å². The van der Waals surface area contributed by atoms with Crippen molar-refractivity contribution < 1.29 is 4.74 Å². The molecule has 0 aliphatic rings. The van der Waals surface area contributed by atoms with Crippen molar-refractivity contribution >= 4 is 56.8 Å². The van der Waals surface area contributed by atoms with Gasteiger partial charge in [0.2, 0.25) is 0 Å². The SMILES string of the molecule is COc1ccc(Br)cc1C=NNC(=S)Nc1cccc(Cl)c1. The van der Waals surface area contributed by atoms with Crippen LogP contribution in [0.1, 0.15) is 5.56 Å². The van der Waals surface area contributed by atoms with Crippen LogP contribution in [0.2, 0.25) is 5.02 Å². The number of anilines is 1. The van der Waals surface area contributed by atoms with Crippen LogP contribution in [0.4, 0.5) is 5.69 Å². The number of nitrogens with one attached hydrogen (secondary N) is 2. The van der Waals surface area contributed by atoms with Crippen LogP contribution < -0.4 is 15.5 Å². The van der Waals surface area contributed by atoms with Gasteiger partial charge in [-0.1, -0.05) is 33.6 Å². The zero-order chi connectivity index (χ0) is 15.9. The Kier molecular flexibility index (Phi) is 6.18. The number of hydrazone groups is 1. The van der Waals surface area contributed by atoms with Crippen molar-refractivity contribution in [2.75, 3.05) is 12.4 Å². The third-order valence-electron chi connectivity index (χ3n) is 2.64. The van der Waals surface area contributed by atoms with Gasteiger partial charge in [0.05, 0.1) is 13.3 Å². The molecule has 2 aromatic rings. The highest BCUT2D eigenvalue weighted by Crippen LogP contribution is 2.21. The Bertz CT molecular complexity index is 709. The second-order valence-corrected chi connectivity index (χ2v) is 5.98. The maximum absolute atomic E-state index is 5.91. The lowest BCUT2D eigenvalue weighted by Gasteiger charge is -2.07. The summed E-state index contributed by atoms with van der Waals surface area (Å²) in [4.78, 5) is 0. The standard InChI is InChI=1S/C15H13BrClN3OS/c1-21-14-6-5-11(16)7-10(14)9-18-20-15(22)19-13-4-2-3-12(17)8-13/h2-9H,1H3,(H2,19,20,22). The van der Waals surface area contributed by atoms with E-state index in [1.807, 2.05) is 30.3 Å². The van der Waals surface area contributed by atoms with E-state index in [9.17, 15) is 0 Å². The van der Waals surface area contributed by atoms with Gasteiger partial charge in [0, 0.05) is 20.7 Å². The number of hydrogen-bond donors (Lipinski definition) is 2. The molecule has 2 rings (SSSR count). The van der Waals surface area contributed by atoms with Crippen LogP contribution in [0.25, 0.3) is 0 Å². The zero-order valence-electron chi connectivity index (χ0n) is 11.6. The molecule has 22 heavy (non-hydrogen) atoms. The van der Waals surface area contributed by atoms with Crippen LogP contribution in [0.15, 0.2) is 52.0 Å². The molecule has 4 nitrogen and oxygen atoms in total. The molecule has 0 atom stereocenters. The van der Waals surface area contributed by atoms with Crippen molar-refractivity contribution in [3.8, 4) is 5.75 Å². The fourth-order valence-electron chi connectivity index (χ4n) is 1.69. The molecule has 0 unspecified atom stereocenters. The lowest BCUT2D eigenvalue weighted by molar-refractivity contribution is 0.414. The lowest BCUT2D eigenvalue weighted by Crippen LogP contribution is -2.23. The molecule has 0 bridgehead atoms. The molecule has 0 spiro atoms. The van der Waals surface area contributed by atoms with E-state index >= 15 is 0 Å². The van der Waals surface area contributed by atoms with Gasteiger partial charge >= 0.3 is 0 Å². The zero-order valence-corrected chi connectivity index (χ0v) is 14.8. The fourth-order valence-corrected chi connectivity index (χ4v) is 2.43. The molecule has 0 saturated carbocycles. The number of ether oxygens (including phenoxy) is 1. The normalized spacial score (nSPS) is 10.5. The molecule has 114 valence electrons. The third-order valence-corrected chi connectivity index (χ3v) is 3.57. The van der Waals surface area contributed by atoms with E-state index in [1.54, 1.807) is 25.5 Å². The first kappa shape index (κ1) is 16.7. The summed E-state index contributed by atoms with van der Waals surface area (Å²) in [5, 5.41) is 8.09. The first-order valence-corrected chi connectivity index (χ1v) is 7.85. The molecule has 2 aromatic carbocycles. The Balaban J connectivity index is 1.97. The number of methoxy groups -OCH3 is 1. The molecule has 0 heterocycles. The van der Waals surface area contributed by atoms with Crippen LogP contribution >= 0.6 is 39.7 Å². The van der Waals surface area contributed by atoms with Crippen LogP contribution in [-0.2, 0) is 0 Å². The molecule has 0 saturated heterocycles. The molecule has 0 aliphatic heterocycles. The van der Waals surface area contributed by atoms with Crippen molar-refractivity contribution in [3.63, 3.8) is 0 Å². The Hall–Kier alpha value is -1.63. The second kappa shape index (κ2) is 8.12. The van der Waals surface area contributed by atoms with E-state index in [0.717, 1.165) is 21.5 Å². The predicted molar refractivity (Wildman–Crippen MR) is 99.1 cm³/mol. The van der Waals surface area contributed by atoms with E-state index in [-0.39, 0.29) is 0 Å². The maximum atomic E-state index is 5.91. The van der Waals surface area contributed by atoms with Gasteiger partial charge in [-0.2, -0.15) is 5.10 Å². The summed E-state index contributed by atoms with van der Waals surface area (Å²) < 4.78 is 6.20. The first-order chi connectivity index (χ1) is 10.6.